The molecule has 2 rings (SSSR count). The lowest BCUT2D eigenvalue weighted by Crippen LogP contribution is -2.16. The van der Waals surface area contributed by atoms with E-state index in [9.17, 15) is 4.39 Å². The van der Waals surface area contributed by atoms with E-state index < -0.39 is 0 Å². The third kappa shape index (κ3) is 3.66. The third-order valence-corrected chi connectivity index (χ3v) is 3.23. The summed E-state index contributed by atoms with van der Waals surface area (Å²) < 4.78 is 18.7. The molecule has 2 N–H and O–H groups in total. The molecule has 2 aromatic carbocycles. The lowest BCUT2D eigenvalue weighted by atomic mass is 10.2. The van der Waals surface area contributed by atoms with Crippen molar-refractivity contribution >= 4 is 17.1 Å². The van der Waals surface area contributed by atoms with Crippen LogP contribution in [0, 0.1) is 5.82 Å². The number of rotatable bonds is 6. The van der Waals surface area contributed by atoms with Crippen molar-refractivity contribution in [3.8, 4) is 5.75 Å². The van der Waals surface area contributed by atoms with Gasteiger partial charge < -0.3 is 15.4 Å². The average Bonchev–Trinajstić information content (AvgIpc) is 2.50. The molecule has 0 atom stereocenters. The van der Waals surface area contributed by atoms with E-state index in [1.807, 2.05) is 25.1 Å². The van der Waals surface area contributed by atoms with Crippen LogP contribution in [-0.2, 0) is 0 Å². The first kappa shape index (κ1) is 15.2. The van der Waals surface area contributed by atoms with Crippen molar-refractivity contribution in [2.24, 2.45) is 0 Å². The van der Waals surface area contributed by atoms with Crippen molar-refractivity contribution in [2.75, 3.05) is 23.8 Å². The standard InChI is InChI=1S/C17H21FN2O/c1-3-11-21-17-12-15(9-10-16(17)19)20(4-2)14-7-5-13(18)6-8-14/h5-10,12H,3-4,11,19H2,1-2H3. The molecule has 0 heterocycles. The van der Waals surface area contributed by atoms with Gasteiger partial charge in [-0.15, -0.1) is 0 Å². The second-order valence-corrected chi connectivity index (χ2v) is 4.79. The Bertz CT molecular complexity index is 584. The number of anilines is 3. The fraction of sp³-hybridized carbons (Fsp3) is 0.294. The molecule has 0 radical (unpaired) electrons. The van der Waals surface area contributed by atoms with Gasteiger partial charge in [0.2, 0.25) is 0 Å². The van der Waals surface area contributed by atoms with Gasteiger partial charge >= 0.3 is 0 Å². The predicted octanol–water partition coefficient (Wildman–Crippen LogP) is 4.35. The number of hydrogen-bond donors (Lipinski definition) is 1. The Balaban J connectivity index is 2.31. The molecule has 0 amide bonds. The van der Waals surface area contributed by atoms with Crippen LogP contribution in [0.2, 0.25) is 0 Å². The van der Waals surface area contributed by atoms with Crippen LogP contribution in [0.15, 0.2) is 42.5 Å². The zero-order chi connectivity index (χ0) is 15.2. The molecule has 0 spiro atoms. The van der Waals surface area contributed by atoms with E-state index in [2.05, 4.69) is 11.8 Å². The zero-order valence-electron chi connectivity index (χ0n) is 12.5. The van der Waals surface area contributed by atoms with E-state index >= 15 is 0 Å². The molecule has 0 saturated heterocycles. The molecular weight excluding hydrogens is 267 g/mol. The summed E-state index contributed by atoms with van der Waals surface area (Å²) in [4.78, 5) is 2.08. The second kappa shape index (κ2) is 6.97. The van der Waals surface area contributed by atoms with Gasteiger partial charge in [0, 0.05) is 24.0 Å². The number of hydrogen-bond acceptors (Lipinski definition) is 3. The lowest BCUT2D eigenvalue weighted by Gasteiger charge is -2.24. The highest BCUT2D eigenvalue weighted by molar-refractivity contribution is 5.69. The second-order valence-electron chi connectivity index (χ2n) is 4.79. The molecule has 3 nitrogen and oxygen atoms in total. The summed E-state index contributed by atoms with van der Waals surface area (Å²) >= 11 is 0. The maximum Gasteiger partial charge on any atom is 0.144 e. The molecule has 112 valence electrons. The minimum Gasteiger partial charge on any atom is -0.491 e. The minimum absolute atomic E-state index is 0.237. The highest BCUT2D eigenvalue weighted by atomic mass is 19.1. The van der Waals surface area contributed by atoms with E-state index in [0.29, 0.717) is 18.0 Å². The van der Waals surface area contributed by atoms with Crippen LogP contribution in [0.5, 0.6) is 5.75 Å². The normalized spacial score (nSPS) is 10.4. The van der Waals surface area contributed by atoms with Gasteiger partial charge in [0.05, 0.1) is 12.3 Å². The van der Waals surface area contributed by atoms with E-state index in [1.165, 1.54) is 12.1 Å². The Labute approximate surface area is 125 Å². The third-order valence-electron chi connectivity index (χ3n) is 3.23. The zero-order valence-corrected chi connectivity index (χ0v) is 12.5. The average molecular weight is 288 g/mol. The molecule has 0 aliphatic rings. The van der Waals surface area contributed by atoms with Crippen molar-refractivity contribution in [1.82, 2.24) is 0 Å². The topological polar surface area (TPSA) is 38.5 Å². The summed E-state index contributed by atoms with van der Waals surface area (Å²) in [5.41, 5.74) is 8.48. The summed E-state index contributed by atoms with van der Waals surface area (Å²) in [6, 6.07) is 12.2. The van der Waals surface area contributed by atoms with Gasteiger partial charge in [-0.25, -0.2) is 4.39 Å². The van der Waals surface area contributed by atoms with Crippen LogP contribution in [0.4, 0.5) is 21.5 Å². The number of halogens is 1. The first-order chi connectivity index (χ1) is 10.2. The van der Waals surface area contributed by atoms with Crippen molar-refractivity contribution in [3.05, 3.63) is 48.3 Å². The first-order valence-electron chi connectivity index (χ1n) is 7.21. The van der Waals surface area contributed by atoms with Crippen LogP contribution in [0.1, 0.15) is 20.3 Å². The first-order valence-corrected chi connectivity index (χ1v) is 7.21. The van der Waals surface area contributed by atoms with Gasteiger partial charge in [0.1, 0.15) is 11.6 Å². The fourth-order valence-electron chi connectivity index (χ4n) is 2.16. The van der Waals surface area contributed by atoms with Crippen molar-refractivity contribution in [3.63, 3.8) is 0 Å². The minimum atomic E-state index is -0.237. The number of benzene rings is 2. The van der Waals surface area contributed by atoms with Crippen LogP contribution in [0.3, 0.4) is 0 Å². The summed E-state index contributed by atoms with van der Waals surface area (Å²) in [6.07, 6.45) is 0.930. The van der Waals surface area contributed by atoms with Crippen LogP contribution < -0.4 is 15.4 Å². The van der Waals surface area contributed by atoms with Gasteiger partial charge in [-0.1, -0.05) is 6.92 Å². The highest BCUT2D eigenvalue weighted by Crippen LogP contribution is 2.32. The van der Waals surface area contributed by atoms with Crippen molar-refractivity contribution < 1.29 is 9.13 Å². The smallest absolute Gasteiger partial charge is 0.144 e. The molecule has 0 aliphatic heterocycles. The number of nitrogens with zero attached hydrogens (tertiary/aromatic N) is 1. The van der Waals surface area contributed by atoms with E-state index in [1.54, 1.807) is 12.1 Å². The van der Waals surface area contributed by atoms with E-state index in [0.717, 1.165) is 24.3 Å². The molecule has 21 heavy (non-hydrogen) atoms. The van der Waals surface area contributed by atoms with Crippen LogP contribution in [-0.4, -0.2) is 13.2 Å². The van der Waals surface area contributed by atoms with E-state index in [-0.39, 0.29) is 5.82 Å². The summed E-state index contributed by atoms with van der Waals surface area (Å²) in [5, 5.41) is 0. The van der Waals surface area contributed by atoms with Crippen molar-refractivity contribution in [2.45, 2.75) is 20.3 Å². The molecule has 0 bridgehead atoms. The van der Waals surface area contributed by atoms with Gasteiger partial charge in [-0.2, -0.15) is 0 Å². The van der Waals surface area contributed by atoms with Crippen LogP contribution in [0.25, 0.3) is 0 Å². The Morgan fingerprint density at radius 1 is 1.05 bits per heavy atom. The SMILES string of the molecule is CCCOc1cc(N(CC)c2ccc(F)cc2)ccc1N. The maximum absolute atomic E-state index is 13.1. The summed E-state index contributed by atoms with van der Waals surface area (Å²) in [7, 11) is 0. The van der Waals surface area contributed by atoms with Crippen LogP contribution >= 0.6 is 0 Å². The van der Waals surface area contributed by atoms with Gasteiger partial charge in [0.25, 0.3) is 0 Å². The predicted molar refractivity (Wildman–Crippen MR) is 85.7 cm³/mol. The maximum atomic E-state index is 13.1. The number of ether oxygens (including phenoxy) is 1. The lowest BCUT2D eigenvalue weighted by molar-refractivity contribution is 0.319. The monoisotopic (exact) mass is 288 g/mol. The molecule has 0 fully saturated rings. The fourth-order valence-corrected chi connectivity index (χ4v) is 2.16. The number of nitrogens with two attached hydrogens (primary N) is 1. The molecular formula is C17H21FN2O. The van der Waals surface area contributed by atoms with Gasteiger partial charge in [-0.3, -0.25) is 0 Å². The largest absolute Gasteiger partial charge is 0.491 e. The van der Waals surface area contributed by atoms with E-state index in [4.69, 9.17) is 10.5 Å². The molecule has 0 aromatic heterocycles. The molecule has 2 aromatic rings. The van der Waals surface area contributed by atoms with Crippen molar-refractivity contribution in [1.29, 1.82) is 0 Å². The van der Waals surface area contributed by atoms with Gasteiger partial charge in [-0.05, 0) is 49.7 Å². The number of nitrogen functional groups attached to an aromatic ring is 1. The molecule has 0 saturated carbocycles. The Kier molecular flexibility index (Phi) is 5.04. The summed E-state index contributed by atoms with van der Waals surface area (Å²) in [6.45, 7) is 5.50. The quantitative estimate of drug-likeness (QED) is 0.803. The molecule has 0 unspecified atom stereocenters. The molecule has 0 aliphatic carbocycles. The highest BCUT2D eigenvalue weighted by Gasteiger charge is 2.10. The Morgan fingerprint density at radius 3 is 2.33 bits per heavy atom. The summed E-state index contributed by atoms with van der Waals surface area (Å²) in [5.74, 6) is 0.453. The Hall–Kier alpha value is -2.23. The molecule has 4 heteroatoms. The van der Waals surface area contributed by atoms with Gasteiger partial charge in [0.15, 0.2) is 0 Å². The Morgan fingerprint density at radius 2 is 1.71 bits per heavy atom.